The van der Waals surface area contributed by atoms with E-state index in [0.29, 0.717) is 16.9 Å². The fourth-order valence-electron chi connectivity index (χ4n) is 4.10. The molecule has 0 spiro atoms. The molecule has 0 bridgehead atoms. The third-order valence-corrected chi connectivity index (χ3v) is 5.83. The van der Waals surface area contributed by atoms with Crippen molar-refractivity contribution >= 4 is 35.1 Å². The van der Waals surface area contributed by atoms with Gasteiger partial charge in [0.25, 0.3) is 5.91 Å². The summed E-state index contributed by atoms with van der Waals surface area (Å²) in [6.45, 7) is 4.92. The molecule has 160 valence electrons. The summed E-state index contributed by atoms with van der Waals surface area (Å²) in [5.41, 5.74) is 1.50. The number of carbonyl (C=O) groups excluding carboxylic acids is 4. The van der Waals surface area contributed by atoms with Crippen LogP contribution in [0.1, 0.15) is 31.4 Å². The van der Waals surface area contributed by atoms with Crippen molar-refractivity contribution in [2.45, 2.75) is 38.8 Å². The lowest BCUT2D eigenvalue weighted by Crippen LogP contribution is -2.47. The Kier molecular flexibility index (Phi) is 5.00. The second-order valence-electron chi connectivity index (χ2n) is 8.19. The maximum atomic E-state index is 13.3. The first-order valence-electron chi connectivity index (χ1n) is 10.1. The van der Waals surface area contributed by atoms with Gasteiger partial charge in [-0.15, -0.1) is 0 Å². The molecule has 2 N–H and O–H groups in total. The minimum atomic E-state index is -1.25. The maximum absolute atomic E-state index is 13.3. The molecule has 8 nitrogen and oxygen atoms in total. The van der Waals surface area contributed by atoms with Crippen LogP contribution in [-0.2, 0) is 19.9 Å². The van der Waals surface area contributed by atoms with Crippen LogP contribution in [0, 0.1) is 6.92 Å². The van der Waals surface area contributed by atoms with E-state index in [9.17, 15) is 19.2 Å². The molecule has 1 saturated heterocycles. The second kappa shape index (κ2) is 7.54. The van der Waals surface area contributed by atoms with Gasteiger partial charge in [0, 0.05) is 12.5 Å². The predicted octanol–water partition coefficient (Wildman–Crippen LogP) is 2.53. The molecule has 31 heavy (non-hydrogen) atoms. The van der Waals surface area contributed by atoms with Gasteiger partial charge in [-0.25, -0.2) is 4.79 Å². The smallest absolute Gasteiger partial charge is 0.324 e. The first-order valence-corrected chi connectivity index (χ1v) is 10.1. The number of fused-ring (bicyclic) bond motifs is 1. The largest absolute Gasteiger partial charge is 0.325 e. The summed E-state index contributed by atoms with van der Waals surface area (Å²) in [5, 5.41) is 5.52. The van der Waals surface area contributed by atoms with Gasteiger partial charge in [0.1, 0.15) is 12.1 Å². The molecule has 2 aromatic rings. The molecular formula is C23H24N4O4. The van der Waals surface area contributed by atoms with Gasteiger partial charge in [-0.05, 0) is 38.5 Å². The molecule has 2 aromatic carbocycles. The predicted molar refractivity (Wildman–Crippen MR) is 115 cm³/mol. The molecule has 0 aliphatic carbocycles. The van der Waals surface area contributed by atoms with E-state index in [4.69, 9.17) is 0 Å². The first-order chi connectivity index (χ1) is 14.7. The Balaban J connectivity index is 1.61. The number of aryl methyl sites for hydroxylation is 1. The Morgan fingerprint density at radius 1 is 1.10 bits per heavy atom. The van der Waals surface area contributed by atoms with Gasteiger partial charge in [0.15, 0.2) is 0 Å². The number of imide groups is 1. The van der Waals surface area contributed by atoms with Crippen LogP contribution < -0.4 is 15.5 Å². The number of amides is 5. The highest BCUT2D eigenvalue weighted by atomic mass is 16.2. The Morgan fingerprint density at radius 2 is 1.77 bits per heavy atom. The van der Waals surface area contributed by atoms with Gasteiger partial charge in [0.2, 0.25) is 11.8 Å². The number of hydrogen-bond acceptors (Lipinski definition) is 4. The van der Waals surface area contributed by atoms with Crippen molar-refractivity contribution in [3.8, 4) is 0 Å². The van der Waals surface area contributed by atoms with Gasteiger partial charge >= 0.3 is 6.03 Å². The Labute approximate surface area is 180 Å². The SMILES string of the molecule is Cc1ccc([C@]2(C)NC(=O)N(CC(=O)N3c4ccccc4NC(=O)C[C@@H]3C)C2=O)cc1. The number of anilines is 2. The van der Waals surface area contributed by atoms with Gasteiger partial charge in [0.05, 0.1) is 11.4 Å². The van der Waals surface area contributed by atoms with Crippen LogP contribution >= 0.6 is 0 Å². The normalized spacial score (nSPS) is 23.2. The standard InChI is InChI=1S/C23H24N4O4/c1-14-8-10-16(11-9-14)23(3)21(30)26(22(31)25-23)13-20(29)27-15(2)12-19(28)24-17-6-4-5-7-18(17)27/h4-11,15H,12-13H2,1-3H3,(H,24,28)(H,25,31)/t15-,23-/m0/s1. The number of para-hydroxylation sites is 2. The molecule has 2 atom stereocenters. The van der Waals surface area contributed by atoms with Crippen LogP contribution in [0.3, 0.4) is 0 Å². The van der Waals surface area contributed by atoms with Gasteiger partial charge in [-0.2, -0.15) is 0 Å². The highest BCUT2D eigenvalue weighted by molar-refractivity contribution is 6.12. The highest BCUT2D eigenvalue weighted by Gasteiger charge is 2.50. The molecule has 5 amide bonds. The van der Waals surface area contributed by atoms with Crippen molar-refractivity contribution in [2.75, 3.05) is 16.8 Å². The summed E-state index contributed by atoms with van der Waals surface area (Å²) in [6, 6.07) is 13.3. The number of nitrogens with zero attached hydrogens (tertiary/aromatic N) is 2. The number of hydrogen-bond donors (Lipinski definition) is 2. The van der Waals surface area contributed by atoms with Crippen molar-refractivity contribution in [3.05, 3.63) is 59.7 Å². The van der Waals surface area contributed by atoms with Crippen molar-refractivity contribution < 1.29 is 19.2 Å². The highest BCUT2D eigenvalue weighted by Crippen LogP contribution is 2.33. The Bertz CT molecular complexity index is 1080. The average molecular weight is 420 g/mol. The van der Waals surface area contributed by atoms with E-state index in [0.717, 1.165) is 10.5 Å². The molecule has 4 rings (SSSR count). The summed E-state index contributed by atoms with van der Waals surface area (Å²) in [5.74, 6) is -1.12. The average Bonchev–Trinajstić information content (AvgIpc) is 2.85. The molecule has 0 saturated carbocycles. The molecule has 0 aromatic heterocycles. The summed E-state index contributed by atoms with van der Waals surface area (Å²) in [7, 11) is 0. The number of benzene rings is 2. The van der Waals surface area contributed by atoms with Crippen LogP contribution in [0.2, 0.25) is 0 Å². The lowest BCUT2D eigenvalue weighted by atomic mass is 9.91. The Morgan fingerprint density at radius 3 is 2.48 bits per heavy atom. The van der Waals surface area contributed by atoms with Crippen molar-refractivity contribution in [1.82, 2.24) is 10.2 Å². The van der Waals surface area contributed by atoms with Gasteiger partial charge < -0.3 is 15.5 Å². The number of rotatable bonds is 3. The summed E-state index contributed by atoms with van der Waals surface area (Å²) in [4.78, 5) is 53.7. The molecule has 1 fully saturated rings. The van der Waals surface area contributed by atoms with Gasteiger partial charge in [-0.3, -0.25) is 19.3 Å². The lowest BCUT2D eigenvalue weighted by Gasteiger charge is -2.29. The third-order valence-electron chi connectivity index (χ3n) is 5.83. The van der Waals surface area contributed by atoms with Crippen molar-refractivity contribution in [1.29, 1.82) is 0 Å². The minimum Gasteiger partial charge on any atom is -0.324 e. The van der Waals surface area contributed by atoms with Crippen LogP contribution in [0.5, 0.6) is 0 Å². The van der Waals surface area contributed by atoms with Crippen molar-refractivity contribution in [2.24, 2.45) is 0 Å². The van der Waals surface area contributed by atoms with Crippen LogP contribution in [-0.4, -0.2) is 41.2 Å². The van der Waals surface area contributed by atoms with Crippen molar-refractivity contribution in [3.63, 3.8) is 0 Å². The summed E-state index contributed by atoms with van der Waals surface area (Å²) >= 11 is 0. The minimum absolute atomic E-state index is 0.113. The fourth-order valence-corrected chi connectivity index (χ4v) is 4.10. The van der Waals surface area contributed by atoms with E-state index in [-0.39, 0.29) is 12.3 Å². The van der Waals surface area contributed by atoms with Crippen LogP contribution in [0.25, 0.3) is 0 Å². The lowest BCUT2D eigenvalue weighted by molar-refractivity contribution is -0.134. The molecule has 0 radical (unpaired) electrons. The second-order valence-corrected chi connectivity index (χ2v) is 8.19. The quantitative estimate of drug-likeness (QED) is 0.746. The molecule has 0 unspecified atom stereocenters. The molecule has 2 heterocycles. The molecule has 8 heteroatoms. The topological polar surface area (TPSA) is 98.8 Å². The van der Waals surface area contributed by atoms with E-state index >= 15 is 0 Å². The first kappa shape index (κ1) is 20.6. The molecular weight excluding hydrogens is 396 g/mol. The van der Waals surface area contributed by atoms with E-state index < -0.39 is 36.0 Å². The zero-order valence-corrected chi connectivity index (χ0v) is 17.6. The monoisotopic (exact) mass is 420 g/mol. The van der Waals surface area contributed by atoms with E-state index in [1.54, 1.807) is 50.2 Å². The van der Waals surface area contributed by atoms with E-state index in [1.165, 1.54) is 4.90 Å². The van der Waals surface area contributed by atoms with E-state index in [2.05, 4.69) is 10.6 Å². The molecule has 2 aliphatic rings. The zero-order chi connectivity index (χ0) is 22.3. The summed E-state index contributed by atoms with van der Waals surface area (Å²) in [6.07, 6.45) is 0.113. The maximum Gasteiger partial charge on any atom is 0.325 e. The summed E-state index contributed by atoms with van der Waals surface area (Å²) < 4.78 is 0. The zero-order valence-electron chi connectivity index (χ0n) is 17.6. The third kappa shape index (κ3) is 3.54. The number of carbonyl (C=O) groups is 4. The number of nitrogens with one attached hydrogen (secondary N) is 2. The van der Waals surface area contributed by atoms with Crippen LogP contribution in [0.15, 0.2) is 48.5 Å². The fraction of sp³-hybridized carbons (Fsp3) is 0.304. The Hall–Kier alpha value is -3.68. The number of urea groups is 1. The van der Waals surface area contributed by atoms with Gasteiger partial charge in [-0.1, -0.05) is 42.0 Å². The molecule has 2 aliphatic heterocycles. The van der Waals surface area contributed by atoms with E-state index in [1.807, 2.05) is 19.1 Å². The van der Waals surface area contributed by atoms with Crippen LogP contribution in [0.4, 0.5) is 16.2 Å².